The molecule has 0 unspecified atom stereocenters. The first kappa shape index (κ1) is 16.8. The summed E-state index contributed by atoms with van der Waals surface area (Å²) in [5.74, 6) is -2.79. The lowest BCUT2D eigenvalue weighted by Crippen LogP contribution is -2.45. The van der Waals surface area contributed by atoms with E-state index in [0.29, 0.717) is 12.1 Å². The normalized spacial score (nSPS) is 11.2. The second-order valence-electron chi connectivity index (χ2n) is 4.49. The maximum atomic E-state index is 13.7. The average molecular weight is 302 g/mol. The zero-order valence-corrected chi connectivity index (χ0v) is 11.2. The number of nitrogens with one attached hydrogen (secondary N) is 1. The largest absolute Gasteiger partial charge is 0.478 e. The van der Waals surface area contributed by atoms with Gasteiger partial charge in [-0.3, -0.25) is 10.1 Å². The number of aromatic carboxylic acids is 1. The number of aliphatic hydroxyl groups is 2. The molecule has 0 aliphatic heterocycles. The zero-order chi connectivity index (χ0) is 16.2. The highest BCUT2D eigenvalue weighted by atomic mass is 19.1. The summed E-state index contributed by atoms with van der Waals surface area (Å²) in [6.07, 6.45) is 0.208. The Kier molecular flexibility index (Phi) is 5.17. The number of nitro groups is 1. The Morgan fingerprint density at radius 3 is 2.38 bits per heavy atom. The predicted molar refractivity (Wildman–Crippen MR) is 70.8 cm³/mol. The molecule has 8 nitrogen and oxygen atoms in total. The number of nitrogens with zero attached hydrogens (tertiary/aromatic N) is 1. The maximum absolute atomic E-state index is 13.7. The van der Waals surface area contributed by atoms with E-state index >= 15 is 0 Å². The molecular weight excluding hydrogens is 287 g/mol. The van der Waals surface area contributed by atoms with Crippen molar-refractivity contribution >= 4 is 17.3 Å². The molecule has 0 spiro atoms. The third kappa shape index (κ3) is 3.44. The molecule has 0 aliphatic carbocycles. The average Bonchev–Trinajstić information content (AvgIpc) is 2.44. The number of anilines is 1. The van der Waals surface area contributed by atoms with E-state index in [4.69, 9.17) is 5.11 Å². The molecule has 0 bridgehead atoms. The molecule has 1 aromatic rings. The predicted octanol–water partition coefficient (Wildman–Crippen LogP) is 0.977. The first-order chi connectivity index (χ1) is 9.80. The molecule has 9 heteroatoms. The van der Waals surface area contributed by atoms with E-state index in [1.807, 2.05) is 0 Å². The standard InChI is InChI=1S/C12H15FN2O6/c1-2-12(5-16,6-17)14-9-4-8(13)7(11(18)19)3-10(9)15(20)21/h3-4,14,16-17H,2,5-6H2,1H3,(H,18,19). The summed E-state index contributed by atoms with van der Waals surface area (Å²) in [7, 11) is 0. The van der Waals surface area contributed by atoms with Gasteiger partial charge in [-0.2, -0.15) is 0 Å². The number of nitro benzene ring substituents is 1. The van der Waals surface area contributed by atoms with Gasteiger partial charge in [0, 0.05) is 12.1 Å². The summed E-state index contributed by atoms with van der Waals surface area (Å²) in [6, 6.07) is 1.26. The second kappa shape index (κ2) is 6.46. The van der Waals surface area contributed by atoms with Crippen LogP contribution in [0.1, 0.15) is 23.7 Å². The van der Waals surface area contributed by atoms with Crippen LogP contribution in [0.4, 0.5) is 15.8 Å². The van der Waals surface area contributed by atoms with Gasteiger partial charge in [-0.1, -0.05) is 6.92 Å². The van der Waals surface area contributed by atoms with Gasteiger partial charge in [0.05, 0.1) is 23.7 Å². The van der Waals surface area contributed by atoms with Gasteiger partial charge in [-0.05, 0) is 6.42 Å². The molecule has 116 valence electrons. The lowest BCUT2D eigenvalue weighted by Gasteiger charge is -2.30. The number of carboxylic acids is 1. The third-order valence-electron chi connectivity index (χ3n) is 3.19. The highest BCUT2D eigenvalue weighted by Gasteiger charge is 2.31. The molecule has 0 atom stereocenters. The maximum Gasteiger partial charge on any atom is 0.338 e. The van der Waals surface area contributed by atoms with Gasteiger partial charge in [-0.25, -0.2) is 9.18 Å². The summed E-state index contributed by atoms with van der Waals surface area (Å²) in [5.41, 5.74) is -3.08. The van der Waals surface area contributed by atoms with E-state index in [-0.39, 0.29) is 12.1 Å². The van der Waals surface area contributed by atoms with Gasteiger partial charge in [0.2, 0.25) is 0 Å². The quantitative estimate of drug-likeness (QED) is 0.435. The first-order valence-electron chi connectivity index (χ1n) is 6.01. The van der Waals surface area contributed by atoms with Crippen LogP contribution < -0.4 is 5.32 Å². The van der Waals surface area contributed by atoms with Crippen LogP contribution in [0.2, 0.25) is 0 Å². The van der Waals surface area contributed by atoms with Crippen molar-refractivity contribution in [2.75, 3.05) is 18.5 Å². The number of aliphatic hydroxyl groups excluding tert-OH is 2. The molecule has 1 aromatic carbocycles. The van der Waals surface area contributed by atoms with Crippen molar-refractivity contribution < 1.29 is 29.4 Å². The molecule has 0 saturated heterocycles. The number of hydrogen-bond acceptors (Lipinski definition) is 6. The van der Waals surface area contributed by atoms with Gasteiger partial charge >= 0.3 is 5.97 Å². The molecule has 0 aliphatic rings. The van der Waals surface area contributed by atoms with Crippen LogP contribution >= 0.6 is 0 Å². The topological polar surface area (TPSA) is 133 Å². The minimum atomic E-state index is -1.63. The minimum Gasteiger partial charge on any atom is -0.478 e. The molecule has 0 aromatic heterocycles. The van der Waals surface area contributed by atoms with E-state index in [1.54, 1.807) is 6.92 Å². The Bertz CT molecular complexity index is 551. The highest BCUT2D eigenvalue weighted by Crippen LogP contribution is 2.31. The molecular formula is C12H15FN2O6. The number of carboxylic acid groups (broad SMARTS) is 1. The van der Waals surface area contributed by atoms with Crippen LogP contribution in [0, 0.1) is 15.9 Å². The molecule has 0 saturated carbocycles. The van der Waals surface area contributed by atoms with Crippen molar-refractivity contribution in [2.24, 2.45) is 0 Å². The van der Waals surface area contributed by atoms with Crippen LogP contribution in [-0.4, -0.2) is 45.0 Å². The lowest BCUT2D eigenvalue weighted by atomic mass is 9.97. The smallest absolute Gasteiger partial charge is 0.338 e. The minimum absolute atomic E-state index is 0.208. The van der Waals surface area contributed by atoms with Crippen molar-refractivity contribution in [1.82, 2.24) is 0 Å². The van der Waals surface area contributed by atoms with Crippen molar-refractivity contribution in [3.63, 3.8) is 0 Å². The van der Waals surface area contributed by atoms with Gasteiger partial charge < -0.3 is 20.6 Å². The number of hydrogen-bond donors (Lipinski definition) is 4. The van der Waals surface area contributed by atoms with E-state index < -0.39 is 46.7 Å². The monoisotopic (exact) mass is 302 g/mol. The summed E-state index contributed by atoms with van der Waals surface area (Å²) >= 11 is 0. The molecule has 0 radical (unpaired) electrons. The van der Waals surface area contributed by atoms with E-state index in [0.717, 1.165) is 0 Å². The SMILES string of the molecule is CCC(CO)(CO)Nc1cc(F)c(C(=O)O)cc1[N+](=O)[O-]. The van der Waals surface area contributed by atoms with Crippen molar-refractivity contribution in [1.29, 1.82) is 0 Å². The Labute approximate surface area is 119 Å². The van der Waals surface area contributed by atoms with E-state index in [2.05, 4.69) is 5.32 Å². The van der Waals surface area contributed by atoms with Crippen LogP contribution in [0.3, 0.4) is 0 Å². The van der Waals surface area contributed by atoms with E-state index in [9.17, 15) is 29.5 Å². The van der Waals surface area contributed by atoms with Gasteiger partial charge in [0.1, 0.15) is 17.1 Å². The molecule has 0 amide bonds. The molecule has 0 heterocycles. The van der Waals surface area contributed by atoms with Crippen molar-refractivity contribution in [2.45, 2.75) is 18.9 Å². The molecule has 0 fully saturated rings. The lowest BCUT2D eigenvalue weighted by molar-refractivity contribution is -0.384. The second-order valence-corrected chi connectivity index (χ2v) is 4.49. The van der Waals surface area contributed by atoms with Crippen molar-refractivity contribution in [3.05, 3.63) is 33.6 Å². The van der Waals surface area contributed by atoms with Crippen LogP contribution in [0.15, 0.2) is 12.1 Å². The van der Waals surface area contributed by atoms with Crippen LogP contribution in [0.5, 0.6) is 0 Å². The zero-order valence-electron chi connectivity index (χ0n) is 11.2. The molecule has 4 N–H and O–H groups in total. The molecule has 1 rings (SSSR count). The summed E-state index contributed by atoms with van der Waals surface area (Å²) in [5, 5.41) is 40.9. The first-order valence-corrected chi connectivity index (χ1v) is 6.01. The van der Waals surface area contributed by atoms with Crippen LogP contribution in [0.25, 0.3) is 0 Å². The van der Waals surface area contributed by atoms with E-state index in [1.165, 1.54) is 0 Å². The summed E-state index contributed by atoms with van der Waals surface area (Å²) < 4.78 is 13.7. The Hall–Kier alpha value is -2.26. The number of rotatable bonds is 7. The Morgan fingerprint density at radius 1 is 1.43 bits per heavy atom. The Morgan fingerprint density at radius 2 is 2.00 bits per heavy atom. The number of halogens is 1. The number of carbonyl (C=O) groups is 1. The fourth-order valence-electron chi connectivity index (χ4n) is 1.70. The highest BCUT2D eigenvalue weighted by molar-refractivity contribution is 5.90. The van der Waals surface area contributed by atoms with Gasteiger partial charge in [0.15, 0.2) is 0 Å². The summed E-state index contributed by atoms with van der Waals surface area (Å²) in [6.45, 7) is 0.534. The van der Waals surface area contributed by atoms with Gasteiger partial charge in [0.25, 0.3) is 5.69 Å². The third-order valence-corrected chi connectivity index (χ3v) is 3.19. The number of benzene rings is 1. The fraction of sp³-hybridized carbons (Fsp3) is 0.417. The van der Waals surface area contributed by atoms with Crippen molar-refractivity contribution in [3.8, 4) is 0 Å². The fourth-order valence-corrected chi connectivity index (χ4v) is 1.70. The summed E-state index contributed by atoms with van der Waals surface area (Å²) in [4.78, 5) is 20.9. The van der Waals surface area contributed by atoms with Gasteiger partial charge in [-0.15, -0.1) is 0 Å². The van der Waals surface area contributed by atoms with Crippen LogP contribution in [-0.2, 0) is 0 Å². The molecule has 21 heavy (non-hydrogen) atoms. The Balaban J connectivity index is 3.38.